The molecule has 0 aliphatic rings. The van der Waals surface area contributed by atoms with E-state index in [1.807, 2.05) is 19.9 Å². The number of benzene rings is 1. The molecule has 26 heavy (non-hydrogen) atoms. The first kappa shape index (κ1) is 18.4. The lowest BCUT2D eigenvalue weighted by atomic mass is 10.2. The summed E-state index contributed by atoms with van der Waals surface area (Å²) >= 11 is 7.27. The Morgan fingerprint density at radius 3 is 2.88 bits per heavy atom. The maximum Gasteiger partial charge on any atom is 0.263 e. The lowest BCUT2D eigenvalue weighted by molar-refractivity contribution is -0.113. The lowest BCUT2D eigenvalue weighted by Gasteiger charge is -2.11. The number of anilines is 1. The molecule has 0 saturated heterocycles. The normalized spacial score (nSPS) is 10.9. The highest BCUT2D eigenvalue weighted by Gasteiger charge is 2.13. The van der Waals surface area contributed by atoms with Crippen molar-refractivity contribution in [3.8, 4) is 0 Å². The molecule has 1 aromatic carbocycles. The quantitative estimate of drug-likeness (QED) is 0.534. The molecule has 8 heteroatoms. The summed E-state index contributed by atoms with van der Waals surface area (Å²) in [7, 11) is 0. The molecule has 3 aromatic rings. The lowest BCUT2D eigenvalue weighted by Crippen LogP contribution is -2.23. The van der Waals surface area contributed by atoms with Crippen molar-refractivity contribution in [2.45, 2.75) is 25.5 Å². The average molecular weight is 389 g/mol. The van der Waals surface area contributed by atoms with Gasteiger partial charge in [0.15, 0.2) is 10.8 Å². The fourth-order valence-electron chi connectivity index (χ4n) is 2.42. The van der Waals surface area contributed by atoms with Gasteiger partial charge in [0.1, 0.15) is 0 Å². The third-order valence-electron chi connectivity index (χ3n) is 3.80. The van der Waals surface area contributed by atoms with Crippen LogP contribution in [0.15, 0.2) is 46.5 Å². The Morgan fingerprint density at radius 1 is 1.35 bits per heavy atom. The first-order valence-electron chi connectivity index (χ1n) is 8.04. The number of hydrogen-bond donors (Lipinski definition) is 1. The molecule has 0 fully saturated rings. The van der Waals surface area contributed by atoms with Gasteiger partial charge in [-0.15, -0.1) is 0 Å². The van der Waals surface area contributed by atoms with Crippen molar-refractivity contribution in [3.63, 3.8) is 0 Å². The second kappa shape index (κ2) is 7.88. The Bertz CT molecular complexity index is 1040. The molecule has 0 atom stereocenters. The van der Waals surface area contributed by atoms with Crippen molar-refractivity contribution in [2.24, 2.45) is 0 Å². The van der Waals surface area contributed by atoms with E-state index in [9.17, 15) is 9.59 Å². The van der Waals surface area contributed by atoms with Crippen LogP contribution in [0.2, 0.25) is 5.02 Å². The largest absolute Gasteiger partial charge is 0.325 e. The number of hydrogen-bond acceptors (Lipinski definition) is 5. The van der Waals surface area contributed by atoms with Crippen molar-refractivity contribution >= 4 is 46.0 Å². The van der Waals surface area contributed by atoms with Gasteiger partial charge in [0.05, 0.1) is 11.1 Å². The maximum absolute atomic E-state index is 12.5. The van der Waals surface area contributed by atoms with Crippen LogP contribution in [0, 0.1) is 6.92 Å². The van der Waals surface area contributed by atoms with E-state index in [1.54, 1.807) is 35.0 Å². The van der Waals surface area contributed by atoms with E-state index >= 15 is 0 Å². The van der Waals surface area contributed by atoms with Gasteiger partial charge in [-0.25, -0.2) is 9.97 Å². The number of rotatable bonds is 5. The predicted molar refractivity (Wildman–Crippen MR) is 105 cm³/mol. The number of pyridine rings is 1. The van der Waals surface area contributed by atoms with Gasteiger partial charge < -0.3 is 5.32 Å². The highest BCUT2D eigenvalue weighted by Crippen LogP contribution is 2.21. The molecule has 0 unspecified atom stereocenters. The maximum atomic E-state index is 12.5. The number of carbonyl (C=O) groups excluding carboxylic acids is 1. The van der Waals surface area contributed by atoms with Gasteiger partial charge in [-0.2, -0.15) is 0 Å². The van der Waals surface area contributed by atoms with Crippen LogP contribution in [0.1, 0.15) is 12.5 Å². The number of fused-ring (bicyclic) bond motifs is 1. The number of nitrogens with one attached hydrogen (secondary N) is 1. The Morgan fingerprint density at radius 2 is 2.15 bits per heavy atom. The molecule has 0 aliphatic carbocycles. The molecule has 134 valence electrons. The summed E-state index contributed by atoms with van der Waals surface area (Å²) < 4.78 is 1.55. The van der Waals surface area contributed by atoms with Crippen LogP contribution in [0.3, 0.4) is 0 Å². The summed E-state index contributed by atoms with van der Waals surface area (Å²) in [5.41, 5.74) is 1.81. The molecular formula is C18H17ClN4O2S. The number of carbonyl (C=O) groups is 1. The molecular weight excluding hydrogens is 372 g/mol. The molecule has 0 saturated carbocycles. The van der Waals surface area contributed by atoms with E-state index in [-0.39, 0.29) is 17.2 Å². The van der Waals surface area contributed by atoms with Gasteiger partial charge in [-0.1, -0.05) is 29.4 Å². The summed E-state index contributed by atoms with van der Waals surface area (Å²) in [6.07, 6.45) is 1.59. The first-order valence-corrected chi connectivity index (χ1v) is 9.40. The first-order chi connectivity index (χ1) is 12.5. The fraction of sp³-hybridized carbons (Fsp3) is 0.222. The Balaban J connectivity index is 1.77. The van der Waals surface area contributed by atoms with Crippen LogP contribution in [0.25, 0.3) is 11.0 Å². The molecule has 0 bridgehead atoms. The summed E-state index contributed by atoms with van der Waals surface area (Å²) in [6, 6.07) is 8.75. The minimum Gasteiger partial charge on any atom is -0.325 e. The highest BCUT2D eigenvalue weighted by atomic mass is 35.5. The molecule has 0 spiro atoms. The highest BCUT2D eigenvalue weighted by molar-refractivity contribution is 7.99. The zero-order valence-corrected chi connectivity index (χ0v) is 15.9. The summed E-state index contributed by atoms with van der Waals surface area (Å²) in [6.45, 7) is 4.23. The van der Waals surface area contributed by atoms with Crippen LogP contribution in [-0.2, 0) is 11.3 Å². The molecule has 2 aromatic heterocycles. The van der Waals surface area contributed by atoms with Gasteiger partial charge in [0.25, 0.3) is 5.56 Å². The van der Waals surface area contributed by atoms with Crippen LogP contribution in [0.4, 0.5) is 5.69 Å². The average Bonchev–Trinajstić information content (AvgIpc) is 2.63. The number of thioether (sulfide) groups is 1. The predicted octanol–water partition coefficient (Wildman–Crippen LogP) is 3.50. The topological polar surface area (TPSA) is 76.9 Å². The third kappa shape index (κ3) is 3.89. The second-order valence-corrected chi connectivity index (χ2v) is 6.97. The van der Waals surface area contributed by atoms with Crippen LogP contribution < -0.4 is 10.9 Å². The summed E-state index contributed by atoms with van der Waals surface area (Å²) in [5, 5.41) is 4.33. The minimum absolute atomic E-state index is 0.121. The van der Waals surface area contributed by atoms with Gasteiger partial charge >= 0.3 is 0 Å². The molecule has 3 rings (SSSR count). The smallest absolute Gasteiger partial charge is 0.263 e. The van der Waals surface area contributed by atoms with E-state index in [2.05, 4.69) is 15.3 Å². The second-order valence-electron chi connectivity index (χ2n) is 5.62. The number of nitrogens with zero attached hydrogens (tertiary/aromatic N) is 3. The number of aryl methyl sites for hydroxylation is 1. The van der Waals surface area contributed by atoms with Crippen molar-refractivity contribution in [1.29, 1.82) is 0 Å². The fourth-order valence-corrected chi connectivity index (χ4v) is 3.45. The minimum atomic E-state index is -0.201. The summed E-state index contributed by atoms with van der Waals surface area (Å²) in [5.74, 6) is -0.0797. The van der Waals surface area contributed by atoms with Gasteiger partial charge in [-0.3, -0.25) is 14.2 Å². The van der Waals surface area contributed by atoms with Gasteiger partial charge in [0.2, 0.25) is 5.91 Å². The Hall–Kier alpha value is -2.38. The number of halogens is 1. The van der Waals surface area contributed by atoms with E-state index in [0.717, 1.165) is 5.56 Å². The molecule has 6 nitrogen and oxygen atoms in total. The van der Waals surface area contributed by atoms with Crippen molar-refractivity contribution in [3.05, 3.63) is 57.5 Å². The van der Waals surface area contributed by atoms with Crippen molar-refractivity contribution < 1.29 is 4.79 Å². The Labute approximate surface area is 159 Å². The van der Waals surface area contributed by atoms with E-state index < -0.39 is 0 Å². The number of aromatic nitrogens is 3. The van der Waals surface area contributed by atoms with Crippen LogP contribution in [-0.4, -0.2) is 26.2 Å². The van der Waals surface area contributed by atoms with Crippen LogP contribution >= 0.6 is 23.4 Å². The number of amides is 1. The van der Waals surface area contributed by atoms with Gasteiger partial charge in [-0.05, 0) is 43.7 Å². The molecule has 2 heterocycles. The SMILES string of the molecule is CCn1c(SCC(=O)Nc2ccc(C)c(Cl)c2)nc2ncccc2c1=O. The monoisotopic (exact) mass is 388 g/mol. The van der Waals surface area contributed by atoms with Crippen LogP contribution in [0.5, 0.6) is 0 Å². The van der Waals surface area contributed by atoms with Gasteiger partial charge in [0, 0.05) is 23.5 Å². The summed E-state index contributed by atoms with van der Waals surface area (Å²) in [4.78, 5) is 33.3. The Kier molecular flexibility index (Phi) is 5.58. The third-order valence-corrected chi connectivity index (χ3v) is 5.18. The molecule has 1 amide bonds. The molecule has 1 N–H and O–H groups in total. The molecule has 0 radical (unpaired) electrons. The van der Waals surface area contributed by atoms with E-state index in [4.69, 9.17) is 11.6 Å². The van der Waals surface area contributed by atoms with E-state index in [0.29, 0.717) is 33.4 Å². The van der Waals surface area contributed by atoms with Crippen molar-refractivity contribution in [2.75, 3.05) is 11.1 Å². The zero-order chi connectivity index (χ0) is 18.7. The standard InChI is InChI=1S/C18H17ClN4O2S/c1-3-23-17(25)13-5-4-8-20-16(13)22-18(23)26-10-15(24)21-12-7-6-11(2)14(19)9-12/h4-9H,3,10H2,1-2H3,(H,21,24). The van der Waals surface area contributed by atoms with Crippen molar-refractivity contribution in [1.82, 2.24) is 14.5 Å². The van der Waals surface area contributed by atoms with E-state index in [1.165, 1.54) is 11.8 Å². The molecule has 0 aliphatic heterocycles. The zero-order valence-electron chi connectivity index (χ0n) is 14.3.